The fourth-order valence-corrected chi connectivity index (χ4v) is 1.76. The molecule has 0 spiro atoms. The molecule has 0 saturated carbocycles. The van der Waals surface area contributed by atoms with Crippen LogP contribution in [0.3, 0.4) is 0 Å². The molecule has 4 nitrogen and oxygen atoms in total. The molecule has 0 fully saturated rings. The number of benzene rings is 1. The standard InChI is InChI=1S/C13H21N3O/c1-3-4-10-16(11(2)13(17)15-14)12-8-6-5-7-9-12/h5-9,11H,3-4,10,14H2,1-2H3,(H,15,17). The Morgan fingerprint density at radius 3 is 2.59 bits per heavy atom. The first kappa shape index (κ1) is 13.5. The van der Waals surface area contributed by atoms with E-state index < -0.39 is 0 Å². The van der Waals surface area contributed by atoms with Crippen molar-refractivity contribution in [1.82, 2.24) is 5.43 Å². The second-order valence-electron chi connectivity index (χ2n) is 4.07. The minimum atomic E-state index is -0.256. The predicted octanol–water partition coefficient (Wildman–Crippen LogP) is 1.67. The van der Waals surface area contributed by atoms with Gasteiger partial charge in [-0.1, -0.05) is 31.5 Å². The van der Waals surface area contributed by atoms with Crippen molar-refractivity contribution in [3.8, 4) is 0 Å². The molecule has 1 atom stereocenters. The first-order chi connectivity index (χ1) is 8.20. The number of rotatable bonds is 6. The van der Waals surface area contributed by atoms with E-state index in [9.17, 15) is 4.79 Å². The van der Waals surface area contributed by atoms with Crippen LogP contribution in [0, 0.1) is 0 Å². The van der Waals surface area contributed by atoms with Gasteiger partial charge in [-0.3, -0.25) is 10.2 Å². The van der Waals surface area contributed by atoms with Gasteiger partial charge in [0.25, 0.3) is 5.91 Å². The van der Waals surface area contributed by atoms with Crippen molar-refractivity contribution in [2.75, 3.05) is 11.4 Å². The average Bonchev–Trinajstić information content (AvgIpc) is 2.39. The summed E-state index contributed by atoms with van der Waals surface area (Å²) in [5.41, 5.74) is 3.26. The average molecular weight is 235 g/mol. The second kappa shape index (κ2) is 6.91. The molecule has 0 bridgehead atoms. The van der Waals surface area contributed by atoms with Gasteiger partial charge in [0.15, 0.2) is 0 Å². The molecule has 1 aromatic carbocycles. The van der Waals surface area contributed by atoms with E-state index in [1.54, 1.807) is 0 Å². The SMILES string of the molecule is CCCCN(c1ccccc1)C(C)C(=O)NN. The van der Waals surface area contributed by atoms with E-state index in [-0.39, 0.29) is 11.9 Å². The van der Waals surface area contributed by atoms with Crippen LogP contribution >= 0.6 is 0 Å². The highest BCUT2D eigenvalue weighted by molar-refractivity contribution is 5.84. The number of para-hydroxylation sites is 1. The van der Waals surface area contributed by atoms with Crippen LogP contribution in [0.5, 0.6) is 0 Å². The van der Waals surface area contributed by atoms with Gasteiger partial charge < -0.3 is 4.90 Å². The van der Waals surface area contributed by atoms with E-state index in [1.807, 2.05) is 37.3 Å². The van der Waals surface area contributed by atoms with Gasteiger partial charge in [0.2, 0.25) is 0 Å². The van der Waals surface area contributed by atoms with Crippen LogP contribution in [-0.4, -0.2) is 18.5 Å². The fraction of sp³-hybridized carbons (Fsp3) is 0.462. The molecular formula is C13H21N3O. The van der Waals surface area contributed by atoms with Gasteiger partial charge in [-0.2, -0.15) is 0 Å². The van der Waals surface area contributed by atoms with Crippen molar-refractivity contribution in [2.45, 2.75) is 32.7 Å². The molecule has 1 rings (SSSR count). The Morgan fingerprint density at radius 1 is 1.41 bits per heavy atom. The number of unbranched alkanes of at least 4 members (excludes halogenated alkanes) is 1. The molecule has 0 aliphatic rings. The quantitative estimate of drug-likeness (QED) is 0.448. The maximum Gasteiger partial charge on any atom is 0.256 e. The molecule has 0 aliphatic carbocycles. The lowest BCUT2D eigenvalue weighted by molar-refractivity contribution is -0.122. The van der Waals surface area contributed by atoms with Crippen LogP contribution in [0.1, 0.15) is 26.7 Å². The summed E-state index contributed by atoms with van der Waals surface area (Å²) in [4.78, 5) is 13.7. The number of hydrogen-bond donors (Lipinski definition) is 2. The molecule has 1 amide bonds. The number of anilines is 1. The summed E-state index contributed by atoms with van der Waals surface area (Å²) in [6.07, 6.45) is 2.15. The van der Waals surface area contributed by atoms with E-state index in [0.717, 1.165) is 25.1 Å². The molecule has 1 aromatic rings. The summed E-state index contributed by atoms with van der Waals surface area (Å²) >= 11 is 0. The number of carbonyl (C=O) groups excluding carboxylic acids is 1. The summed E-state index contributed by atoms with van der Waals surface area (Å²) in [5, 5.41) is 0. The normalized spacial score (nSPS) is 11.9. The zero-order valence-electron chi connectivity index (χ0n) is 10.5. The van der Waals surface area contributed by atoms with E-state index in [0.29, 0.717) is 0 Å². The highest BCUT2D eigenvalue weighted by Gasteiger charge is 2.20. The first-order valence-corrected chi connectivity index (χ1v) is 6.02. The third-order valence-corrected chi connectivity index (χ3v) is 2.83. The Hall–Kier alpha value is -1.55. The van der Waals surface area contributed by atoms with E-state index in [1.165, 1.54) is 0 Å². The van der Waals surface area contributed by atoms with Crippen LogP contribution in [0.2, 0.25) is 0 Å². The summed E-state index contributed by atoms with van der Waals surface area (Å²) in [7, 11) is 0. The maximum absolute atomic E-state index is 11.6. The Bertz CT molecular complexity index is 340. The van der Waals surface area contributed by atoms with E-state index >= 15 is 0 Å². The van der Waals surface area contributed by atoms with Crippen molar-refractivity contribution < 1.29 is 4.79 Å². The highest BCUT2D eigenvalue weighted by atomic mass is 16.2. The molecule has 0 radical (unpaired) electrons. The Labute approximate surface area is 103 Å². The Morgan fingerprint density at radius 2 is 2.06 bits per heavy atom. The predicted molar refractivity (Wildman–Crippen MR) is 70.5 cm³/mol. The summed E-state index contributed by atoms with van der Waals surface area (Å²) in [6.45, 7) is 4.86. The molecule has 0 saturated heterocycles. The number of nitrogens with one attached hydrogen (secondary N) is 1. The van der Waals surface area contributed by atoms with Gasteiger partial charge in [-0.25, -0.2) is 5.84 Å². The molecule has 94 valence electrons. The maximum atomic E-state index is 11.6. The van der Waals surface area contributed by atoms with E-state index in [2.05, 4.69) is 17.2 Å². The number of hydrogen-bond acceptors (Lipinski definition) is 3. The summed E-state index contributed by atoms with van der Waals surface area (Å²) in [6, 6.07) is 9.68. The first-order valence-electron chi connectivity index (χ1n) is 6.02. The van der Waals surface area contributed by atoms with Gasteiger partial charge in [-0.05, 0) is 25.5 Å². The van der Waals surface area contributed by atoms with Crippen molar-refractivity contribution in [2.24, 2.45) is 5.84 Å². The molecule has 4 heteroatoms. The van der Waals surface area contributed by atoms with Gasteiger partial charge in [0.05, 0.1) is 0 Å². The van der Waals surface area contributed by atoms with Crippen molar-refractivity contribution in [1.29, 1.82) is 0 Å². The summed E-state index contributed by atoms with van der Waals surface area (Å²) in [5.74, 6) is 5.03. The topological polar surface area (TPSA) is 58.4 Å². The van der Waals surface area contributed by atoms with Gasteiger partial charge in [0.1, 0.15) is 6.04 Å². The third-order valence-electron chi connectivity index (χ3n) is 2.83. The zero-order valence-corrected chi connectivity index (χ0v) is 10.5. The van der Waals surface area contributed by atoms with Crippen molar-refractivity contribution >= 4 is 11.6 Å². The third kappa shape index (κ3) is 3.75. The molecule has 0 aliphatic heterocycles. The smallest absolute Gasteiger partial charge is 0.256 e. The lowest BCUT2D eigenvalue weighted by Crippen LogP contribution is -2.48. The van der Waals surface area contributed by atoms with E-state index in [4.69, 9.17) is 5.84 Å². The van der Waals surface area contributed by atoms with Crippen molar-refractivity contribution in [3.05, 3.63) is 30.3 Å². The number of nitrogens with zero attached hydrogens (tertiary/aromatic N) is 1. The van der Waals surface area contributed by atoms with Gasteiger partial charge in [-0.15, -0.1) is 0 Å². The number of amides is 1. The van der Waals surface area contributed by atoms with Crippen LogP contribution in [0.4, 0.5) is 5.69 Å². The Kier molecular flexibility index (Phi) is 5.49. The van der Waals surface area contributed by atoms with Crippen LogP contribution in [0.25, 0.3) is 0 Å². The summed E-state index contributed by atoms with van der Waals surface area (Å²) < 4.78 is 0. The molecule has 1 unspecified atom stereocenters. The second-order valence-corrected chi connectivity index (χ2v) is 4.07. The molecule has 0 aromatic heterocycles. The number of hydrazine groups is 1. The molecule has 0 heterocycles. The highest BCUT2D eigenvalue weighted by Crippen LogP contribution is 2.17. The van der Waals surface area contributed by atoms with Crippen LogP contribution in [0.15, 0.2) is 30.3 Å². The zero-order chi connectivity index (χ0) is 12.7. The lowest BCUT2D eigenvalue weighted by atomic mass is 10.2. The van der Waals surface area contributed by atoms with Crippen LogP contribution < -0.4 is 16.2 Å². The number of carbonyl (C=O) groups is 1. The largest absolute Gasteiger partial charge is 0.360 e. The molecule has 3 N–H and O–H groups in total. The van der Waals surface area contributed by atoms with Crippen molar-refractivity contribution in [3.63, 3.8) is 0 Å². The number of nitrogens with two attached hydrogens (primary N) is 1. The Balaban J connectivity index is 2.84. The molecular weight excluding hydrogens is 214 g/mol. The van der Waals surface area contributed by atoms with Gasteiger partial charge in [0, 0.05) is 12.2 Å². The monoisotopic (exact) mass is 235 g/mol. The minimum Gasteiger partial charge on any atom is -0.360 e. The molecule has 17 heavy (non-hydrogen) atoms. The van der Waals surface area contributed by atoms with Gasteiger partial charge >= 0.3 is 0 Å². The fourth-order valence-electron chi connectivity index (χ4n) is 1.76. The lowest BCUT2D eigenvalue weighted by Gasteiger charge is -2.30. The van der Waals surface area contributed by atoms with Crippen LogP contribution in [-0.2, 0) is 4.79 Å². The minimum absolute atomic E-state index is 0.162.